The monoisotopic (exact) mass is 403 g/mol. The zero-order chi connectivity index (χ0) is 20.7. The number of hydrogen-bond donors (Lipinski definition) is 1. The average Bonchev–Trinajstić information content (AvgIpc) is 3.30. The minimum absolute atomic E-state index is 0.0235. The van der Waals surface area contributed by atoms with Gasteiger partial charge in [0.2, 0.25) is 0 Å². The average molecular weight is 403 g/mol. The number of carbonyl (C=O) groups is 1. The third kappa shape index (κ3) is 3.06. The van der Waals surface area contributed by atoms with Crippen LogP contribution in [-0.2, 0) is 0 Å². The molecule has 0 radical (unpaired) electrons. The van der Waals surface area contributed by atoms with Crippen LogP contribution in [0.1, 0.15) is 10.4 Å². The number of pyridine rings is 1. The summed E-state index contributed by atoms with van der Waals surface area (Å²) in [6.45, 7) is 2.63. The molecule has 1 amide bonds. The van der Waals surface area contributed by atoms with Crippen LogP contribution in [0.2, 0.25) is 0 Å². The van der Waals surface area contributed by atoms with Crippen LogP contribution >= 0.6 is 0 Å². The third-order valence-corrected chi connectivity index (χ3v) is 5.55. The molecule has 0 unspecified atom stereocenters. The van der Waals surface area contributed by atoms with Crippen molar-refractivity contribution in [1.29, 1.82) is 0 Å². The van der Waals surface area contributed by atoms with Gasteiger partial charge in [-0.15, -0.1) is 0 Å². The molecule has 1 N–H and O–H groups in total. The minimum atomic E-state index is -0.132. The van der Waals surface area contributed by atoms with E-state index in [-0.39, 0.29) is 11.5 Å². The fourth-order valence-electron chi connectivity index (χ4n) is 3.89. The number of nitrogens with zero attached hydrogens (tertiary/aromatic N) is 4. The lowest BCUT2D eigenvalue weighted by atomic mass is 10.1. The molecular weight excluding hydrogens is 382 g/mol. The Bertz CT molecular complexity index is 1280. The molecule has 8 heteroatoms. The summed E-state index contributed by atoms with van der Waals surface area (Å²) in [4.78, 5) is 36.6. The molecule has 0 spiro atoms. The normalized spacial score (nSPS) is 14.4. The van der Waals surface area contributed by atoms with Crippen molar-refractivity contribution in [2.75, 3.05) is 38.2 Å². The van der Waals surface area contributed by atoms with Crippen molar-refractivity contribution in [2.24, 2.45) is 0 Å². The highest BCUT2D eigenvalue weighted by molar-refractivity contribution is 5.94. The first-order valence-electron chi connectivity index (χ1n) is 9.82. The number of amides is 1. The molecule has 4 heterocycles. The van der Waals surface area contributed by atoms with Gasteiger partial charge in [-0.05, 0) is 48.5 Å². The summed E-state index contributed by atoms with van der Waals surface area (Å²) < 4.78 is 6.96. The van der Waals surface area contributed by atoms with Crippen molar-refractivity contribution in [3.8, 4) is 5.75 Å². The van der Waals surface area contributed by atoms with Gasteiger partial charge in [-0.3, -0.25) is 14.0 Å². The molecule has 152 valence electrons. The number of H-pyrrole nitrogens is 1. The van der Waals surface area contributed by atoms with E-state index in [4.69, 9.17) is 9.72 Å². The van der Waals surface area contributed by atoms with E-state index in [1.807, 2.05) is 29.3 Å². The van der Waals surface area contributed by atoms with E-state index in [9.17, 15) is 9.59 Å². The van der Waals surface area contributed by atoms with Crippen molar-refractivity contribution >= 4 is 28.4 Å². The molecule has 5 rings (SSSR count). The number of aromatic amines is 1. The molecule has 3 aromatic heterocycles. The van der Waals surface area contributed by atoms with Gasteiger partial charge in [0.1, 0.15) is 17.1 Å². The smallest absolute Gasteiger partial charge is 0.272 e. The van der Waals surface area contributed by atoms with E-state index in [0.29, 0.717) is 48.4 Å². The van der Waals surface area contributed by atoms with Crippen LogP contribution in [0.25, 0.3) is 16.7 Å². The van der Waals surface area contributed by atoms with Gasteiger partial charge < -0.3 is 19.5 Å². The van der Waals surface area contributed by atoms with Crippen LogP contribution in [-0.4, -0.2) is 58.5 Å². The summed E-state index contributed by atoms with van der Waals surface area (Å²) in [6, 6.07) is 14.6. The molecule has 4 aromatic rings. The molecule has 1 aliphatic rings. The second-order valence-corrected chi connectivity index (χ2v) is 7.27. The second-order valence-electron chi connectivity index (χ2n) is 7.27. The van der Waals surface area contributed by atoms with Crippen LogP contribution < -0.4 is 15.2 Å². The van der Waals surface area contributed by atoms with E-state index >= 15 is 0 Å². The zero-order valence-electron chi connectivity index (χ0n) is 16.5. The predicted molar refractivity (Wildman–Crippen MR) is 114 cm³/mol. The fourth-order valence-corrected chi connectivity index (χ4v) is 3.89. The first-order chi connectivity index (χ1) is 14.6. The van der Waals surface area contributed by atoms with Gasteiger partial charge in [-0.2, -0.15) is 0 Å². The maximum absolute atomic E-state index is 12.8. The fraction of sp³-hybridized carbons (Fsp3) is 0.227. The summed E-state index contributed by atoms with van der Waals surface area (Å²) in [5.74, 6) is 1.59. The van der Waals surface area contributed by atoms with Crippen molar-refractivity contribution in [3.05, 3.63) is 70.6 Å². The number of anilines is 1. The summed E-state index contributed by atoms with van der Waals surface area (Å²) in [5.41, 5.74) is 2.51. The summed E-state index contributed by atoms with van der Waals surface area (Å²) in [7, 11) is 1.61. The number of benzene rings is 1. The van der Waals surface area contributed by atoms with Gasteiger partial charge in [0.25, 0.3) is 11.5 Å². The van der Waals surface area contributed by atoms with Crippen LogP contribution in [0.5, 0.6) is 5.75 Å². The number of aromatic nitrogens is 3. The van der Waals surface area contributed by atoms with Gasteiger partial charge in [0.15, 0.2) is 5.65 Å². The van der Waals surface area contributed by atoms with E-state index in [1.54, 1.807) is 41.8 Å². The number of hydrogen-bond acceptors (Lipinski definition) is 5. The van der Waals surface area contributed by atoms with E-state index in [1.165, 1.54) is 0 Å². The highest BCUT2D eigenvalue weighted by Crippen LogP contribution is 2.20. The number of methoxy groups -OCH3 is 1. The molecule has 1 aliphatic heterocycles. The van der Waals surface area contributed by atoms with Crippen LogP contribution in [0, 0.1) is 0 Å². The molecule has 8 nitrogen and oxygen atoms in total. The first-order valence-corrected chi connectivity index (χ1v) is 9.82. The Morgan fingerprint density at radius 1 is 1.03 bits per heavy atom. The third-order valence-electron chi connectivity index (χ3n) is 5.55. The molecule has 0 saturated carbocycles. The highest BCUT2D eigenvalue weighted by atomic mass is 16.5. The number of carbonyl (C=O) groups excluding carboxylic acids is 1. The quantitative estimate of drug-likeness (QED) is 0.567. The van der Waals surface area contributed by atoms with E-state index in [0.717, 1.165) is 11.6 Å². The molecule has 30 heavy (non-hydrogen) atoms. The molecule has 0 atom stereocenters. The zero-order valence-corrected chi connectivity index (χ0v) is 16.5. The van der Waals surface area contributed by atoms with Crippen molar-refractivity contribution in [3.63, 3.8) is 0 Å². The summed E-state index contributed by atoms with van der Waals surface area (Å²) in [6.07, 6.45) is 1.84. The van der Waals surface area contributed by atoms with Gasteiger partial charge in [-0.1, -0.05) is 0 Å². The van der Waals surface area contributed by atoms with E-state index < -0.39 is 0 Å². The molecular formula is C22H21N5O3. The topological polar surface area (TPSA) is 82.9 Å². The SMILES string of the molecule is COc1ccc(C(=O)N2CCN(c3ccc4[nH]c(=O)c5cccn5c4n3)CC2)cc1. The number of piperazine rings is 1. The van der Waals surface area contributed by atoms with Gasteiger partial charge in [0.05, 0.1) is 12.6 Å². The number of ether oxygens (including phenoxy) is 1. The highest BCUT2D eigenvalue weighted by Gasteiger charge is 2.23. The van der Waals surface area contributed by atoms with Gasteiger partial charge >= 0.3 is 0 Å². The van der Waals surface area contributed by atoms with Crippen molar-refractivity contribution < 1.29 is 9.53 Å². The second kappa shape index (κ2) is 7.22. The minimum Gasteiger partial charge on any atom is -0.497 e. The largest absolute Gasteiger partial charge is 0.497 e. The Kier molecular flexibility index (Phi) is 4.39. The Morgan fingerprint density at radius 2 is 1.80 bits per heavy atom. The molecule has 1 fully saturated rings. The Labute approximate surface area is 172 Å². The molecule has 0 aliphatic carbocycles. The summed E-state index contributed by atoms with van der Waals surface area (Å²) in [5, 5.41) is 0. The van der Waals surface area contributed by atoms with Crippen molar-refractivity contribution in [2.45, 2.75) is 0 Å². The number of rotatable bonds is 3. The number of fused-ring (bicyclic) bond motifs is 3. The molecule has 1 aromatic carbocycles. The molecule has 1 saturated heterocycles. The van der Waals surface area contributed by atoms with Crippen LogP contribution in [0.15, 0.2) is 59.5 Å². The van der Waals surface area contributed by atoms with Gasteiger partial charge in [0, 0.05) is 37.9 Å². The maximum Gasteiger partial charge on any atom is 0.272 e. The van der Waals surface area contributed by atoms with Crippen molar-refractivity contribution in [1.82, 2.24) is 19.3 Å². The predicted octanol–water partition coefficient (Wildman–Crippen LogP) is 2.15. The lowest BCUT2D eigenvalue weighted by Crippen LogP contribution is -2.49. The lowest BCUT2D eigenvalue weighted by molar-refractivity contribution is 0.0746. The Hall–Kier alpha value is -3.81. The lowest BCUT2D eigenvalue weighted by Gasteiger charge is -2.35. The molecule has 0 bridgehead atoms. The Balaban J connectivity index is 1.35. The standard InChI is InChI=1S/C22H21N5O3/c1-30-16-6-4-15(5-7-16)22(29)26-13-11-25(12-14-26)19-9-8-17-20(24-19)27-10-2-3-18(27)21(28)23-17/h2-10H,11-14H2,1H3,(H,23,28). The number of nitrogens with one attached hydrogen (secondary N) is 1. The maximum atomic E-state index is 12.8. The van der Waals surface area contributed by atoms with Crippen LogP contribution in [0.3, 0.4) is 0 Å². The van der Waals surface area contributed by atoms with Gasteiger partial charge in [-0.25, -0.2) is 4.98 Å². The summed E-state index contributed by atoms with van der Waals surface area (Å²) >= 11 is 0. The van der Waals surface area contributed by atoms with E-state index in [2.05, 4.69) is 9.88 Å². The van der Waals surface area contributed by atoms with Crippen LogP contribution in [0.4, 0.5) is 5.82 Å². The first kappa shape index (κ1) is 18.2. The Morgan fingerprint density at radius 3 is 2.53 bits per heavy atom.